The second kappa shape index (κ2) is 4.43. The molecule has 1 heterocycles. The highest BCUT2D eigenvalue weighted by atomic mass is 16.6. The molecule has 6 heteroatoms. The van der Waals surface area contributed by atoms with Crippen LogP contribution in [0.3, 0.4) is 0 Å². The predicted octanol–water partition coefficient (Wildman–Crippen LogP) is 1.79. The van der Waals surface area contributed by atoms with Crippen LogP contribution in [0.25, 0.3) is 0 Å². The Morgan fingerprint density at radius 2 is 2.50 bits per heavy atom. The molecule has 0 fully saturated rings. The average Bonchev–Trinajstić information content (AvgIpc) is 2.79. The summed E-state index contributed by atoms with van der Waals surface area (Å²) in [7, 11) is 0. The summed E-state index contributed by atoms with van der Waals surface area (Å²) in [5.74, 6) is 0.449. The van der Waals surface area contributed by atoms with Crippen LogP contribution in [0.2, 0.25) is 0 Å². The Labute approximate surface area is 91.1 Å². The van der Waals surface area contributed by atoms with Gasteiger partial charge in [-0.05, 0) is 0 Å². The number of aromatic nitrogens is 2. The molecule has 0 atom stereocenters. The first-order valence-corrected chi connectivity index (χ1v) is 4.64. The highest BCUT2D eigenvalue weighted by Gasteiger charge is 2.18. The van der Waals surface area contributed by atoms with Crippen molar-refractivity contribution in [3.8, 4) is 5.88 Å². The highest BCUT2D eigenvalue weighted by Crippen LogP contribution is 2.20. The standard InChI is InChI=1S/C10H9N3O3/c14-13(15)9-4-2-1-3-8(9)7-16-10-5-6-11-12-10/h1-2,4-7H,3H2,(H,11,12). The fraction of sp³-hybridized carbons (Fsp3) is 0.100. The molecule has 0 radical (unpaired) electrons. The minimum Gasteiger partial charge on any atom is -0.447 e. The van der Waals surface area contributed by atoms with E-state index in [-0.39, 0.29) is 5.70 Å². The lowest BCUT2D eigenvalue weighted by atomic mass is 10.1. The smallest absolute Gasteiger partial charge is 0.275 e. The zero-order valence-electron chi connectivity index (χ0n) is 8.29. The summed E-state index contributed by atoms with van der Waals surface area (Å²) in [6, 6.07) is 1.63. The highest BCUT2D eigenvalue weighted by molar-refractivity contribution is 5.34. The van der Waals surface area contributed by atoms with E-state index in [9.17, 15) is 10.1 Å². The molecule has 1 aliphatic rings. The van der Waals surface area contributed by atoms with Gasteiger partial charge in [0.05, 0.1) is 16.7 Å². The first kappa shape index (κ1) is 10.2. The maximum absolute atomic E-state index is 10.7. The van der Waals surface area contributed by atoms with Gasteiger partial charge in [-0.25, -0.2) is 5.10 Å². The van der Waals surface area contributed by atoms with Crippen molar-refractivity contribution in [2.45, 2.75) is 6.42 Å². The fourth-order valence-corrected chi connectivity index (χ4v) is 1.30. The van der Waals surface area contributed by atoms with Gasteiger partial charge < -0.3 is 4.74 Å². The molecular formula is C10H9N3O3. The summed E-state index contributed by atoms with van der Waals surface area (Å²) < 4.78 is 5.21. The Bertz CT molecular complexity index is 472. The zero-order chi connectivity index (χ0) is 11.4. The van der Waals surface area contributed by atoms with Crippen molar-refractivity contribution >= 4 is 0 Å². The van der Waals surface area contributed by atoms with Crippen LogP contribution in [0, 0.1) is 10.1 Å². The van der Waals surface area contributed by atoms with Crippen LogP contribution < -0.4 is 4.74 Å². The monoisotopic (exact) mass is 219 g/mol. The summed E-state index contributed by atoms with van der Waals surface area (Å²) in [5.41, 5.74) is 0.587. The number of hydrogen-bond donors (Lipinski definition) is 1. The van der Waals surface area contributed by atoms with Gasteiger partial charge in [-0.1, -0.05) is 12.2 Å². The van der Waals surface area contributed by atoms with E-state index in [1.54, 1.807) is 18.3 Å². The molecule has 1 aromatic rings. The van der Waals surface area contributed by atoms with Crippen LogP contribution >= 0.6 is 0 Å². The number of nitrogens with zero attached hydrogens (tertiary/aromatic N) is 2. The van der Waals surface area contributed by atoms with Crippen LogP contribution in [0.4, 0.5) is 0 Å². The van der Waals surface area contributed by atoms with Crippen molar-refractivity contribution in [2.24, 2.45) is 0 Å². The largest absolute Gasteiger partial charge is 0.447 e. The number of H-pyrrole nitrogens is 1. The Kier molecular flexibility index (Phi) is 2.81. The van der Waals surface area contributed by atoms with Gasteiger partial charge in [-0.15, -0.1) is 0 Å². The second-order valence-electron chi connectivity index (χ2n) is 3.12. The van der Waals surface area contributed by atoms with Crippen LogP contribution in [0.5, 0.6) is 5.88 Å². The first-order chi connectivity index (χ1) is 7.77. The fourth-order valence-electron chi connectivity index (χ4n) is 1.30. The van der Waals surface area contributed by atoms with Gasteiger partial charge in [0.15, 0.2) is 0 Å². The van der Waals surface area contributed by atoms with Gasteiger partial charge in [-0.3, -0.25) is 10.1 Å². The van der Waals surface area contributed by atoms with Crippen molar-refractivity contribution < 1.29 is 9.66 Å². The number of nitro groups is 1. The maximum Gasteiger partial charge on any atom is 0.275 e. The minimum absolute atomic E-state index is 0.0574. The SMILES string of the molecule is O=[N+]([O-])C1=CC=CCC1=COc1ccn[nH]1. The number of nitrogens with one attached hydrogen (secondary N) is 1. The van der Waals surface area contributed by atoms with E-state index in [2.05, 4.69) is 10.2 Å². The van der Waals surface area contributed by atoms with Gasteiger partial charge in [0.25, 0.3) is 5.70 Å². The molecule has 1 aromatic heterocycles. The Morgan fingerprint density at radius 3 is 3.19 bits per heavy atom. The van der Waals surface area contributed by atoms with Gasteiger partial charge in [-0.2, -0.15) is 5.10 Å². The molecule has 0 amide bonds. The van der Waals surface area contributed by atoms with E-state index in [0.717, 1.165) is 0 Å². The lowest BCUT2D eigenvalue weighted by molar-refractivity contribution is -0.421. The summed E-state index contributed by atoms with van der Waals surface area (Å²) in [6.07, 6.45) is 8.33. The lowest BCUT2D eigenvalue weighted by Gasteiger charge is -2.05. The van der Waals surface area contributed by atoms with Crippen molar-refractivity contribution in [3.63, 3.8) is 0 Å². The van der Waals surface area contributed by atoms with E-state index in [1.165, 1.54) is 12.3 Å². The van der Waals surface area contributed by atoms with Crippen molar-refractivity contribution in [2.75, 3.05) is 0 Å². The summed E-state index contributed by atoms with van der Waals surface area (Å²) in [4.78, 5) is 10.3. The third kappa shape index (κ3) is 2.17. The number of rotatable bonds is 3. The first-order valence-electron chi connectivity index (χ1n) is 4.64. The second-order valence-corrected chi connectivity index (χ2v) is 3.12. The number of ether oxygens (including phenoxy) is 1. The van der Waals surface area contributed by atoms with Gasteiger partial charge >= 0.3 is 0 Å². The van der Waals surface area contributed by atoms with Crippen molar-refractivity contribution in [1.29, 1.82) is 0 Å². The summed E-state index contributed by atoms with van der Waals surface area (Å²) in [5, 5.41) is 17.0. The van der Waals surface area contributed by atoms with Crippen molar-refractivity contribution in [3.05, 3.63) is 58.1 Å². The number of allylic oxidation sites excluding steroid dienone is 4. The van der Waals surface area contributed by atoms with E-state index >= 15 is 0 Å². The van der Waals surface area contributed by atoms with Crippen LogP contribution in [-0.2, 0) is 0 Å². The molecular weight excluding hydrogens is 210 g/mol. The van der Waals surface area contributed by atoms with E-state index in [4.69, 9.17) is 4.74 Å². The molecule has 0 saturated heterocycles. The minimum atomic E-state index is -0.425. The molecule has 1 N–H and O–H groups in total. The quantitative estimate of drug-likeness (QED) is 0.477. The summed E-state index contributed by atoms with van der Waals surface area (Å²) >= 11 is 0. The Morgan fingerprint density at radius 1 is 1.62 bits per heavy atom. The van der Waals surface area contributed by atoms with Gasteiger partial charge in [0, 0.05) is 18.6 Å². The molecule has 16 heavy (non-hydrogen) atoms. The molecule has 0 unspecified atom stereocenters. The average molecular weight is 219 g/mol. The lowest BCUT2D eigenvalue weighted by Crippen LogP contribution is -2.05. The van der Waals surface area contributed by atoms with Crippen LogP contribution in [0.1, 0.15) is 6.42 Å². The predicted molar refractivity (Wildman–Crippen MR) is 56.1 cm³/mol. The molecule has 82 valence electrons. The molecule has 6 nitrogen and oxygen atoms in total. The molecule has 0 aliphatic heterocycles. The molecule has 0 saturated carbocycles. The third-order valence-electron chi connectivity index (χ3n) is 2.06. The molecule has 0 aromatic carbocycles. The number of aromatic amines is 1. The normalized spacial score (nSPS) is 17.2. The molecule has 2 rings (SSSR count). The third-order valence-corrected chi connectivity index (χ3v) is 2.06. The Balaban J connectivity index is 2.14. The van der Waals surface area contributed by atoms with Crippen LogP contribution in [-0.4, -0.2) is 15.1 Å². The number of hydrogen-bond acceptors (Lipinski definition) is 4. The van der Waals surface area contributed by atoms with Gasteiger partial charge in [0.1, 0.15) is 6.26 Å². The van der Waals surface area contributed by atoms with Crippen molar-refractivity contribution in [1.82, 2.24) is 10.2 Å². The molecule has 0 spiro atoms. The molecule has 0 bridgehead atoms. The van der Waals surface area contributed by atoms with Crippen LogP contribution in [0.15, 0.2) is 48.0 Å². The zero-order valence-corrected chi connectivity index (χ0v) is 8.29. The topological polar surface area (TPSA) is 81.1 Å². The van der Waals surface area contributed by atoms with E-state index < -0.39 is 4.92 Å². The molecule has 1 aliphatic carbocycles. The Hall–Kier alpha value is -2.37. The maximum atomic E-state index is 10.7. The van der Waals surface area contributed by atoms with E-state index in [0.29, 0.717) is 17.9 Å². The van der Waals surface area contributed by atoms with Gasteiger partial charge in [0.2, 0.25) is 5.88 Å². The summed E-state index contributed by atoms with van der Waals surface area (Å²) in [6.45, 7) is 0. The van der Waals surface area contributed by atoms with E-state index in [1.807, 2.05) is 6.08 Å².